The molecule has 126 valence electrons. The number of thiazole rings is 1. The van der Waals surface area contributed by atoms with Crippen LogP contribution in [0, 0.1) is 0 Å². The van der Waals surface area contributed by atoms with Gasteiger partial charge < -0.3 is 10.2 Å². The second-order valence-electron chi connectivity index (χ2n) is 6.04. The lowest BCUT2D eigenvalue weighted by Crippen LogP contribution is -2.36. The van der Waals surface area contributed by atoms with Crippen molar-refractivity contribution >= 4 is 28.3 Å². The van der Waals surface area contributed by atoms with E-state index >= 15 is 0 Å². The molecule has 0 spiro atoms. The minimum Gasteiger partial charge on any atom is -0.334 e. The highest BCUT2D eigenvalue weighted by atomic mass is 32.1. The van der Waals surface area contributed by atoms with Crippen LogP contribution in [-0.4, -0.2) is 34.3 Å². The fourth-order valence-corrected chi connectivity index (χ4v) is 3.84. The summed E-state index contributed by atoms with van der Waals surface area (Å²) in [6, 6.07) is 10.6. The predicted octanol–water partition coefficient (Wildman–Crippen LogP) is 3.34. The van der Waals surface area contributed by atoms with Gasteiger partial charge in [0.25, 0.3) is 5.91 Å². The Kier molecular flexibility index (Phi) is 5.25. The third-order valence-electron chi connectivity index (χ3n) is 4.25. The van der Waals surface area contributed by atoms with E-state index in [4.69, 9.17) is 0 Å². The molecule has 24 heavy (non-hydrogen) atoms. The van der Waals surface area contributed by atoms with Crippen LogP contribution in [0.1, 0.15) is 42.2 Å². The summed E-state index contributed by atoms with van der Waals surface area (Å²) in [5.41, 5.74) is 1.73. The number of nitrogens with one attached hydrogen (secondary N) is 1. The Balaban J connectivity index is 1.63. The lowest BCUT2D eigenvalue weighted by molar-refractivity contribution is -0.114. The largest absolute Gasteiger partial charge is 0.334 e. The average Bonchev–Trinajstić information content (AvgIpc) is 3.22. The first-order valence-electron chi connectivity index (χ1n) is 8.21. The Bertz CT molecular complexity index is 714. The molecule has 0 aliphatic carbocycles. The third kappa shape index (κ3) is 4.00. The Morgan fingerprint density at radius 3 is 2.88 bits per heavy atom. The van der Waals surface area contributed by atoms with Gasteiger partial charge >= 0.3 is 0 Å². The summed E-state index contributed by atoms with van der Waals surface area (Å²) >= 11 is 1.29. The summed E-state index contributed by atoms with van der Waals surface area (Å²) in [4.78, 5) is 30.0. The van der Waals surface area contributed by atoms with Crippen molar-refractivity contribution in [1.29, 1.82) is 0 Å². The Morgan fingerprint density at radius 2 is 2.12 bits per heavy atom. The molecular formula is C18H21N3O2S. The van der Waals surface area contributed by atoms with Gasteiger partial charge in [-0.2, -0.15) is 0 Å². The molecule has 1 aliphatic heterocycles. The zero-order valence-electron chi connectivity index (χ0n) is 13.7. The molecule has 1 aliphatic rings. The van der Waals surface area contributed by atoms with Crippen LogP contribution in [0.4, 0.5) is 5.13 Å². The Morgan fingerprint density at radius 1 is 1.33 bits per heavy atom. The first-order valence-corrected chi connectivity index (χ1v) is 9.09. The smallest absolute Gasteiger partial charge is 0.273 e. The van der Waals surface area contributed by atoms with Crippen molar-refractivity contribution < 1.29 is 9.59 Å². The van der Waals surface area contributed by atoms with Crippen molar-refractivity contribution in [2.45, 2.75) is 38.6 Å². The fourth-order valence-electron chi connectivity index (χ4n) is 3.11. The zero-order chi connectivity index (χ0) is 16.9. The Hall–Kier alpha value is -2.21. The van der Waals surface area contributed by atoms with Crippen molar-refractivity contribution in [2.24, 2.45) is 0 Å². The molecule has 5 nitrogen and oxygen atoms in total. The monoisotopic (exact) mass is 343 g/mol. The molecule has 0 unspecified atom stereocenters. The van der Waals surface area contributed by atoms with Crippen molar-refractivity contribution in [3.8, 4) is 0 Å². The molecule has 6 heteroatoms. The molecule has 1 fully saturated rings. The number of carbonyl (C=O) groups is 2. The molecule has 2 aromatic rings. The van der Waals surface area contributed by atoms with Gasteiger partial charge in [-0.15, -0.1) is 11.3 Å². The van der Waals surface area contributed by atoms with Gasteiger partial charge in [0.15, 0.2) is 5.13 Å². The number of aryl methyl sites for hydroxylation is 1. The normalized spacial score (nSPS) is 17.0. The molecule has 2 heterocycles. The first kappa shape index (κ1) is 16.6. The van der Waals surface area contributed by atoms with Gasteiger partial charge in [0.1, 0.15) is 5.69 Å². The lowest BCUT2D eigenvalue weighted by Gasteiger charge is -2.24. The lowest BCUT2D eigenvalue weighted by atomic mass is 10.0. The topological polar surface area (TPSA) is 62.3 Å². The number of anilines is 1. The SMILES string of the molecule is CC(=O)Nc1nc(C(=O)N2CCC[C@H]2CCc2ccccc2)cs1. The summed E-state index contributed by atoms with van der Waals surface area (Å²) in [5.74, 6) is -0.205. The first-order chi connectivity index (χ1) is 11.6. The zero-order valence-corrected chi connectivity index (χ0v) is 14.5. The number of carbonyl (C=O) groups excluding carboxylic acids is 2. The summed E-state index contributed by atoms with van der Waals surface area (Å²) in [7, 11) is 0. The highest BCUT2D eigenvalue weighted by Gasteiger charge is 2.30. The molecule has 1 saturated heterocycles. The molecule has 1 aromatic heterocycles. The highest BCUT2D eigenvalue weighted by molar-refractivity contribution is 7.14. The van der Waals surface area contributed by atoms with Crippen LogP contribution in [0.3, 0.4) is 0 Å². The van der Waals surface area contributed by atoms with Crippen molar-refractivity contribution in [3.63, 3.8) is 0 Å². The molecule has 0 bridgehead atoms. The number of rotatable bonds is 5. The van der Waals surface area contributed by atoms with Crippen molar-refractivity contribution in [3.05, 3.63) is 47.0 Å². The number of hydrogen-bond acceptors (Lipinski definition) is 4. The van der Waals surface area contributed by atoms with Crippen molar-refractivity contribution in [2.75, 3.05) is 11.9 Å². The van der Waals surface area contributed by atoms with E-state index < -0.39 is 0 Å². The number of likely N-dealkylation sites (tertiary alicyclic amines) is 1. The maximum absolute atomic E-state index is 12.7. The highest BCUT2D eigenvalue weighted by Crippen LogP contribution is 2.25. The predicted molar refractivity (Wildman–Crippen MR) is 95.2 cm³/mol. The third-order valence-corrected chi connectivity index (χ3v) is 5.01. The number of nitrogens with zero attached hydrogens (tertiary/aromatic N) is 2. The van der Waals surface area contributed by atoms with Gasteiger partial charge in [0.2, 0.25) is 5.91 Å². The van der Waals surface area contributed by atoms with Crippen LogP contribution in [0.15, 0.2) is 35.7 Å². The summed E-state index contributed by atoms with van der Waals surface area (Å²) in [5, 5.41) is 4.83. The van der Waals surface area contributed by atoms with Crippen LogP contribution in [-0.2, 0) is 11.2 Å². The van der Waals surface area contributed by atoms with Gasteiger partial charge in [0.05, 0.1) is 0 Å². The van der Waals surface area contributed by atoms with Gasteiger partial charge in [-0.05, 0) is 31.2 Å². The van der Waals surface area contributed by atoms with Gasteiger partial charge in [-0.1, -0.05) is 30.3 Å². The molecule has 0 radical (unpaired) electrons. The standard InChI is InChI=1S/C18H21N3O2S/c1-13(22)19-18-20-16(12-24-18)17(23)21-11-5-8-15(21)10-9-14-6-3-2-4-7-14/h2-4,6-7,12,15H,5,8-11H2,1H3,(H,19,20,22)/t15-/m0/s1. The maximum Gasteiger partial charge on any atom is 0.273 e. The van der Waals surface area contributed by atoms with Gasteiger partial charge in [-0.25, -0.2) is 4.98 Å². The molecule has 1 aromatic carbocycles. The molecule has 1 N–H and O–H groups in total. The quantitative estimate of drug-likeness (QED) is 0.906. The number of aromatic nitrogens is 1. The van der Waals surface area contributed by atoms with Crippen LogP contribution in [0.5, 0.6) is 0 Å². The summed E-state index contributed by atoms with van der Waals surface area (Å²) in [6.45, 7) is 2.22. The van der Waals surface area contributed by atoms with E-state index in [0.29, 0.717) is 10.8 Å². The van der Waals surface area contributed by atoms with E-state index in [0.717, 1.165) is 32.2 Å². The van der Waals surface area contributed by atoms with E-state index in [1.807, 2.05) is 23.1 Å². The van der Waals surface area contributed by atoms with Crippen LogP contribution in [0.25, 0.3) is 0 Å². The van der Waals surface area contributed by atoms with E-state index in [1.165, 1.54) is 23.8 Å². The summed E-state index contributed by atoms with van der Waals surface area (Å²) in [6.07, 6.45) is 4.02. The number of hydrogen-bond donors (Lipinski definition) is 1. The number of amides is 2. The summed E-state index contributed by atoms with van der Waals surface area (Å²) < 4.78 is 0. The molecule has 2 amide bonds. The van der Waals surface area contributed by atoms with E-state index in [2.05, 4.69) is 22.4 Å². The van der Waals surface area contributed by atoms with Crippen LogP contribution in [0.2, 0.25) is 0 Å². The van der Waals surface area contributed by atoms with Crippen LogP contribution < -0.4 is 5.32 Å². The molecule has 1 atom stereocenters. The second-order valence-corrected chi connectivity index (χ2v) is 6.90. The number of benzene rings is 1. The maximum atomic E-state index is 12.7. The minimum absolute atomic E-state index is 0.0292. The molecule has 0 saturated carbocycles. The van der Waals surface area contributed by atoms with Crippen LogP contribution >= 0.6 is 11.3 Å². The fraction of sp³-hybridized carbons (Fsp3) is 0.389. The van der Waals surface area contributed by atoms with Crippen molar-refractivity contribution in [1.82, 2.24) is 9.88 Å². The Labute approximate surface area is 145 Å². The molecule has 3 rings (SSSR count). The van der Waals surface area contributed by atoms with E-state index in [1.54, 1.807) is 5.38 Å². The van der Waals surface area contributed by atoms with Gasteiger partial charge in [0, 0.05) is 24.9 Å². The van der Waals surface area contributed by atoms with E-state index in [9.17, 15) is 9.59 Å². The van der Waals surface area contributed by atoms with Gasteiger partial charge in [-0.3, -0.25) is 9.59 Å². The van der Waals surface area contributed by atoms with E-state index in [-0.39, 0.29) is 17.9 Å². The average molecular weight is 343 g/mol. The second kappa shape index (κ2) is 7.57. The minimum atomic E-state index is -0.176. The molecular weight excluding hydrogens is 322 g/mol.